The van der Waals surface area contributed by atoms with Gasteiger partial charge in [0.2, 0.25) is 5.79 Å². The predicted octanol–water partition coefficient (Wildman–Crippen LogP) is 1.87. The van der Waals surface area contributed by atoms with Gasteiger partial charge in [-0.15, -0.1) is 0 Å². The summed E-state index contributed by atoms with van der Waals surface area (Å²) in [6.07, 6.45) is 2.33. The van der Waals surface area contributed by atoms with Crippen LogP contribution in [0.15, 0.2) is 12.0 Å². The van der Waals surface area contributed by atoms with Crippen molar-refractivity contribution in [1.82, 2.24) is 0 Å². The molecule has 76 valence electrons. The van der Waals surface area contributed by atoms with Gasteiger partial charge in [-0.05, 0) is 0 Å². The first-order valence-corrected chi connectivity index (χ1v) is 4.48. The normalized spacial score (nSPS) is 17.6. The van der Waals surface area contributed by atoms with Gasteiger partial charge in [-0.3, -0.25) is 4.79 Å². The number of allylic oxidation sites excluding steroid dienone is 1. The Morgan fingerprint density at radius 1 is 1.64 bits per heavy atom. The van der Waals surface area contributed by atoms with Crippen molar-refractivity contribution in [2.24, 2.45) is 0 Å². The molecule has 0 N–H and O–H groups in total. The minimum Gasteiger partial charge on any atom is -0.457 e. The van der Waals surface area contributed by atoms with Crippen molar-refractivity contribution in [1.29, 1.82) is 5.26 Å². The molecule has 0 aliphatic carbocycles. The molecule has 0 aromatic rings. The van der Waals surface area contributed by atoms with Crippen molar-refractivity contribution in [3.05, 3.63) is 12.0 Å². The molecule has 0 amide bonds. The molecule has 0 atom stereocenters. The highest BCUT2D eigenvalue weighted by Crippen LogP contribution is 2.26. The lowest BCUT2D eigenvalue weighted by atomic mass is 10.1. The van der Waals surface area contributed by atoms with Gasteiger partial charge < -0.3 is 9.47 Å². The number of Topliss-reactive ketones (excluding diaryl/α,β-unsaturated/α-hetero) is 1. The number of carbonyl (C=O) groups is 1. The molecule has 0 spiro atoms. The van der Waals surface area contributed by atoms with E-state index >= 15 is 0 Å². The Balaban J connectivity index is 2.28. The summed E-state index contributed by atoms with van der Waals surface area (Å²) in [7, 11) is 0. The summed E-state index contributed by atoms with van der Waals surface area (Å²) in [5, 5.41) is 8.27. The molecule has 4 heteroatoms. The molecule has 14 heavy (non-hydrogen) atoms. The van der Waals surface area contributed by atoms with Crippen LogP contribution in [0.25, 0.3) is 0 Å². The Bertz CT molecular complexity index is 299. The van der Waals surface area contributed by atoms with Crippen molar-refractivity contribution < 1.29 is 14.3 Å². The van der Waals surface area contributed by atoms with E-state index in [1.807, 2.05) is 6.07 Å². The van der Waals surface area contributed by atoms with Crippen molar-refractivity contribution in [2.45, 2.75) is 38.9 Å². The highest BCUT2D eigenvalue weighted by Gasteiger charge is 2.27. The second kappa shape index (κ2) is 4.14. The molecular weight excluding hydrogens is 182 g/mol. The largest absolute Gasteiger partial charge is 0.457 e. The van der Waals surface area contributed by atoms with E-state index < -0.39 is 5.79 Å². The van der Waals surface area contributed by atoms with Gasteiger partial charge in [-0.1, -0.05) is 0 Å². The summed E-state index contributed by atoms with van der Waals surface area (Å²) < 4.78 is 10.6. The molecule has 0 unspecified atom stereocenters. The van der Waals surface area contributed by atoms with Gasteiger partial charge in [0.25, 0.3) is 0 Å². The highest BCUT2D eigenvalue weighted by atomic mass is 16.7. The quantitative estimate of drug-likeness (QED) is 0.687. The van der Waals surface area contributed by atoms with Crippen LogP contribution in [0, 0.1) is 11.3 Å². The third-order valence-electron chi connectivity index (χ3n) is 1.78. The van der Waals surface area contributed by atoms with Crippen LogP contribution in [-0.2, 0) is 14.3 Å². The van der Waals surface area contributed by atoms with Crippen LogP contribution >= 0.6 is 0 Å². The molecule has 0 saturated heterocycles. The summed E-state index contributed by atoms with van der Waals surface area (Å²) >= 11 is 0. The summed E-state index contributed by atoms with van der Waals surface area (Å²) in [6.45, 7) is 3.60. The molecule has 0 fully saturated rings. The molecular formula is C10H13NO3. The van der Waals surface area contributed by atoms with Crippen molar-refractivity contribution in [2.75, 3.05) is 0 Å². The van der Waals surface area contributed by atoms with Crippen LogP contribution in [-0.4, -0.2) is 11.6 Å². The maximum absolute atomic E-state index is 11.0. The fourth-order valence-corrected chi connectivity index (χ4v) is 1.12. The predicted molar refractivity (Wildman–Crippen MR) is 48.8 cm³/mol. The van der Waals surface area contributed by atoms with Gasteiger partial charge in [-0.2, -0.15) is 5.26 Å². The third kappa shape index (κ3) is 3.09. The number of ketones is 1. The Morgan fingerprint density at radius 2 is 2.36 bits per heavy atom. The molecule has 4 nitrogen and oxygen atoms in total. The van der Waals surface area contributed by atoms with E-state index in [0.29, 0.717) is 18.6 Å². The van der Waals surface area contributed by atoms with E-state index in [1.165, 1.54) is 6.26 Å². The number of ether oxygens (including phenoxy) is 2. The molecule has 0 saturated carbocycles. The van der Waals surface area contributed by atoms with Gasteiger partial charge in [-0.25, -0.2) is 0 Å². The van der Waals surface area contributed by atoms with Gasteiger partial charge in [0, 0.05) is 26.7 Å². The zero-order chi connectivity index (χ0) is 10.6. The first-order valence-electron chi connectivity index (χ1n) is 4.48. The van der Waals surface area contributed by atoms with Crippen LogP contribution in [0.3, 0.4) is 0 Å². The van der Waals surface area contributed by atoms with Crippen LogP contribution in [0.5, 0.6) is 0 Å². The highest BCUT2D eigenvalue weighted by molar-refractivity contribution is 5.80. The van der Waals surface area contributed by atoms with Gasteiger partial charge in [0.05, 0.1) is 12.5 Å². The fourth-order valence-electron chi connectivity index (χ4n) is 1.12. The molecule has 0 radical (unpaired) electrons. The van der Waals surface area contributed by atoms with Crippen molar-refractivity contribution in [3.8, 4) is 6.07 Å². The molecule has 1 aliphatic heterocycles. The van der Waals surface area contributed by atoms with E-state index in [4.69, 9.17) is 14.7 Å². The molecule has 1 aliphatic rings. The Labute approximate surface area is 83.1 Å². The Morgan fingerprint density at radius 3 is 2.86 bits per heavy atom. The van der Waals surface area contributed by atoms with Gasteiger partial charge >= 0.3 is 0 Å². The molecule has 1 heterocycles. The summed E-state index contributed by atoms with van der Waals surface area (Å²) in [6, 6.07) is 1.82. The lowest BCUT2D eigenvalue weighted by Gasteiger charge is -2.17. The van der Waals surface area contributed by atoms with E-state index in [2.05, 4.69) is 0 Å². The van der Waals surface area contributed by atoms with Gasteiger partial charge in [0.15, 0.2) is 0 Å². The Hall–Kier alpha value is -1.50. The summed E-state index contributed by atoms with van der Waals surface area (Å²) in [5.74, 6) is -0.0175. The fraction of sp³-hybridized carbons (Fsp3) is 0.600. The minimum absolute atomic E-state index is 0.0302. The zero-order valence-electron chi connectivity index (χ0n) is 8.37. The lowest BCUT2D eigenvalue weighted by molar-refractivity contribution is -0.122. The van der Waals surface area contributed by atoms with E-state index in [0.717, 1.165) is 0 Å². The van der Waals surface area contributed by atoms with Crippen LogP contribution in [0.1, 0.15) is 33.1 Å². The van der Waals surface area contributed by atoms with E-state index in [9.17, 15) is 4.79 Å². The average molecular weight is 195 g/mol. The van der Waals surface area contributed by atoms with E-state index in [1.54, 1.807) is 13.8 Å². The smallest absolute Gasteiger partial charge is 0.244 e. The molecule has 0 aromatic heterocycles. The maximum atomic E-state index is 11.0. The second-order valence-corrected chi connectivity index (χ2v) is 3.58. The van der Waals surface area contributed by atoms with E-state index in [-0.39, 0.29) is 12.2 Å². The number of rotatable bonds is 4. The maximum Gasteiger partial charge on any atom is 0.244 e. The first-order chi connectivity index (χ1) is 6.53. The lowest BCUT2D eigenvalue weighted by Crippen LogP contribution is -2.20. The number of hydrogen-bond acceptors (Lipinski definition) is 4. The number of carbonyl (C=O) groups excluding carboxylic acids is 1. The average Bonchev–Trinajstić information content (AvgIpc) is 2.43. The topological polar surface area (TPSA) is 59.3 Å². The number of nitriles is 1. The van der Waals surface area contributed by atoms with Crippen LogP contribution < -0.4 is 0 Å². The second-order valence-electron chi connectivity index (χ2n) is 3.58. The summed E-state index contributed by atoms with van der Waals surface area (Å²) in [4.78, 5) is 11.0. The molecule has 0 aromatic carbocycles. The van der Waals surface area contributed by atoms with Crippen molar-refractivity contribution >= 4 is 5.78 Å². The third-order valence-corrected chi connectivity index (χ3v) is 1.78. The summed E-state index contributed by atoms with van der Waals surface area (Å²) in [5.41, 5.74) is 0. The Kier molecular flexibility index (Phi) is 3.13. The molecule has 1 rings (SSSR count). The first kappa shape index (κ1) is 10.6. The number of hydrogen-bond donors (Lipinski definition) is 0. The molecule has 0 bridgehead atoms. The van der Waals surface area contributed by atoms with Crippen molar-refractivity contribution in [3.63, 3.8) is 0 Å². The van der Waals surface area contributed by atoms with Gasteiger partial charge in [0.1, 0.15) is 17.8 Å². The zero-order valence-corrected chi connectivity index (χ0v) is 8.37. The minimum atomic E-state index is -0.617. The van der Waals surface area contributed by atoms with Crippen LogP contribution in [0.4, 0.5) is 0 Å². The van der Waals surface area contributed by atoms with Crippen LogP contribution in [0.2, 0.25) is 0 Å². The monoisotopic (exact) mass is 195 g/mol. The number of nitrogens with zero attached hydrogens (tertiary/aromatic N) is 1. The SMILES string of the molecule is CC1(C)OC=C(CCC(=O)CC#N)O1. The standard InChI is InChI=1S/C10H13NO3/c1-10(2)13-7-9(14-10)4-3-8(12)5-6-11/h7H,3-5H2,1-2H3.